The Morgan fingerprint density at radius 3 is 2.14 bits per heavy atom. The maximum absolute atomic E-state index is 5.62. The number of hydrogen-bond donors (Lipinski definition) is 1. The molecule has 0 aromatic rings. The fraction of sp³-hybridized carbons (Fsp3) is 1.00. The van der Waals surface area contributed by atoms with Gasteiger partial charge in [0.2, 0.25) is 0 Å². The Labute approximate surface area is 48.7 Å². The second kappa shape index (κ2) is 2.58. The Morgan fingerprint density at radius 1 is 1.29 bits per heavy atom. The van der Waals surface area contributed by atoms with Gasteiger partial charge in [-0.1, -0.05) is 0 Å². The average Bonchev–Trinajstić information content (AvgIpc) is 1.69. The number of hydrogen-bond acceptors (Lipinski definition) is 2. The van der Waals surface area contributed by atoms with E-state index in [1.54, 1.807) is 0 Å². The first-order valence-corrected chi connectivity index (χ1v) is 3.88. The van der Waals surface area contributed by atoms with Crippen LogP contribution in [0.1, 0.15) is 12.8 Å². The SMILES string of the molecule is NC1CCSCC1. The summed E-state index contributed by atoms with van der Waals surface area (Å²) in [7, 11) is 0. The quantitative estimate of drug-likeness (QED) is 0.509. The van der Waals surface area contributed by atoms with Crippen molar-refractivity contribution in [3.63, 3.8) is 0 Å². The van der Waals surface area contributed by atoms with Gasteiger partial charge in [-0.3, -0.25) is 0 Å². The van der Waals surface area contributed by atoms with Crippen LogP contribution < -0.4 is 5.73 Å². The lowest BCUT2D eigenvalue weighted by Gasteiger charge is -2.15. The summed E-state index contributed by atoms with van der Waals surface area (Å²) in [4.78, 5) is 0. The summed E-state index contributed by atoms with van der Waals surface area (Å²) in [5.74, 6) is 2.56. The molecule has 2 N–H and O–H groups in total. The summed E-state index contributed by atoms with van der Waals surface area (Å²) in [5, 5.41) is 0. The zero-order valence-corrected chi connectivity index (χ0v) is 5.21. The highest BCUT2D eigenvalue weighted by Crippen LogP contribution is 2.14. The Kier molecular flexibility index (Phi) is 2.00. The van der Waals surface area contributed by atoms with Gasteiger partial charge in [0.05, 0.1) is 0 Å². The van der Waals surface area contributed by atoms with Crippen molar-refractivity contribution in [3.8, 4) is 0 Å². The van der Waals surface area contributed by atoms with Crippen molar-refractivity contribution in [2.75, 3.05) is 11.5 Å². The first-order valence-electron chi connectivity index (χ1n) is 2.73. The van der Waals surface area contributed by atoms with Gasteiger partial charge in [-0.05, 0) is 24.3 Å². The molecule has 1 nitrogen and oxygen atoms in total. The van der Waals surface area contributed by atoms with Crippen molar-refractivity contribution in [2.24, 2.45) is 5.73 Å². The summed E-state index contributed by atoms with van der Waals surface area (Å²) in [5.41, 5.74) is 5.62. The Balaban J connectivity index is 2.12. The van der Waals surface area contributed by atoms with E-state index < -0.39 is 0 Å². The van der Waals surface area contributed by atoms with E-state index in [2.05, 4.69) is 0 Å². The van der Waals surface area contributed by atoms with Gasteiger partial charge >= 0.3 is 0 Å². The molecule has 0 aromatic carbocycles. The molecular formula is C5H11NS. The van der Waals surface area contributed by atoms with Crippen LogP contribution in [0, 0.1) is 0 Å². The molecule has 1 rings (SSSR count). The average molecular weight is 117 g/mol. The standard InChI is InChI=1S/C5H11NS/c6-5-1-3-7-4-2-5/h5H,1-4,6H2. The van der Waals surface area contributed by atoms with Crippen molar-refractivity contribution in [1.82, 2.24) is 0 Å². The molecule has 0 bridgehead atoms. The lowest BCUT2D eigenvalue weighted by atomic mass is 10.2. The Hall–Kier alpha value is 0.310. The minimum absolute atomic E-state index is 0.515. The molecule has 0 radical (unpaired) electrons. The molecule has 1 heterocycles. The molecule has 0 atom stereocenters. The van der Waals surface area contributed by atoms with Crippen molar-refractivity contribution >= 4 is 11.8 Å². The van der Waals surface area contributed by atoms with Crippen LogP contribution >= 0.6 is 11.8 Å². The molecule has 1 saturated heterocycles. The third-order valence-electron chi connectivity index (χ3n) is 1.27. The summed E-state index contributed by atoms with van der Waals surface area (Å²) >= 11 is 2.02. The van der Waals surface area contributed by atoms with Crippen molar-refractivity contribution in [2.45, 2.75) is 18.9 Å². The summed E-state index contributed by atoms with van der Waals surface area (Å²) in [6.45, 7) is 0. The summed E-state index contributed by atoms with van der Waals surface area (Å²) < 4.78 is 0. The van der Waals surface area contributed by atoms with Gasteiger partial charge < -0.3 is 5.73 Å². The molecule has 1 aliphatic heterocycles. The normalized spacial score (nSPS) is 25.3. The van der Waals surface area contributed by atoms with E-state index in [-0.39, 0.29) is 0 Å². The van der Waals surface area contributed by atoms with E-state index in [1.807, 2.05) is 11.8 Å². The fourth-order valence-electron chi connectivity index (χ4n) is 0.716. The maximum Gasteiger partial charge on any atom is 0.00545 e. The summed E-state index contributed by atoms with van der Waals surface area (Å²) in [6, 6.07) is 0.515. The van der Waals surface area contributed by atoms with Crippen LogP contribution in [0.4, 0.5) is 0 Å². The number of rotatable bonds is 0. The van der Waals surface area contributed by atoms with E-state index in [0.717, 1.165) is 0 Å². The number of nitrogens with two attached hydrogens (primary N) is 1. The van der Waals surface area contributed by atoms with E-state index in [0.29, 0.717) is 6.04 Å². The van der Waals surface area contributed by atoms with Gasteiger partial charge in [-0.15, -0.1) is 0 Å². The van der Waals surface area contributed by atoms with Gasteiger partial charge in [0.25, 0.3) is 0 Å². The molecule has 0 aliphatic carbocycles. The van der Waals surface area contributed by atoms with Crippen LogP contribution in [0.2, 0.25) is 0 Å². The molecule has 1 fully saturated rings. The lowest BCUT2D eigenvalue weighted by Crippen LogP contribution is -2.24. The molecule has 0 saturated carbocycles. The van der Waals surface area contributed by atoms with Gasteiger partial charge in [0.15, 0.2) is 0 Å². The Bertz CT molecular complexity index is 50.0. The molecule has 2 heteroatoms. The predicted molar refractivity (Wildman–Crippen MR) is 34.5 cm³/mol. The van der Waals surface area contributed by atoms with E-state index in [4.69, 9.17) is 5.73 Å². The van der Waals surface area contributed by atoms with Gasteiger partial charge in [0.1, 0.15) is 0 Å². The van der Waals surface area contributed by atoms with E-state index in [9.17, 15) is 0 Å². The van der Waals surface area contributed by atoms with Crippen LogP contribution in [-0.4, -0.2) is 17.5 Å². The van der Waals surface area contributed by atoms with Crippen molar-refractivity contribution in [3.05, 3.63) is 0 Å². The van der Waals surface area contributed by atoms with Crippen LogP contribution in [-0.2, 0) is 0 Å². The van der Waals surface area contributed by atoms with Crippen LogP contribution in [0.3, 0.4) is 0 Å². The number of thioether (sulfide) groups is 1. The zero-order chi connectivity index (χ0) is 5.11. The maximum atomic E-state index is 5.62. The van der Waals surface area contributed by atoms with Crippen molar-refractivity contribution in [1.29, 1.82) is 0 Å². The highest BCUT2D eigenvalue weighted by Gasteiger charge is 2.06. The van der Waals surface area contributed by atoms with Crippen molar-refractivity contribution < 1.29 is 0 Å². The largest absolute Gasteiger partial charge is 0.328 e. The molecule has 7 heavy (non-hydrogen) atoms. The minimum atomic E-state index is 0.515. The lowest BCUT2D eigenvalue weighted by molar-refractivity contribution is 0.625. The monoisotopic (exact) mass is 117 g/mol. The van der Waals surface area contributed by atoms with E-state index >= 15 is 0 Å². The predicted octanol–water partition coefficient (Wildman–Crippen LogP) is 0.841. The smallest absolute Gasteiger partial charge is 0.00545 e. The third kappa shape index (κ3) is 1.70. The highest BCUT2D eigenvalue weighted by atomic mass is 32.2. The first-order chi connectivity index (χ1) is 3.39. The van der Waals surface area contributed by atoms with Gasteiger partial charge in [-0.2, -0.15) is 11.8 Å². The third-order valence-corrected chi connectivity index (χ3v) is 2.31. The molecule has 0 unspecified atom stereocenters. The van der Waals surface area contributed by atoms with E-state index in [1.165, 1.54) is 24.3 Å². The fourth-order valence-corrected chi connectivity index (χ4v) is 1.86. The molecule has 1 aliphatic rings. The van der Waals surface area contributed by atoms with Gasteiger partial charge in [0, 0.05) is 6.04 Å². The second-order valence-electron chi connectivity index (χ2n) is 1.95. The second-order valence-corrected chi connectivity index (χ2v) is 3.17. The topological polar surface area (TPSA) is 26.0 Å². The highest BCUT2D eigenvalue weighted by molar-refractivity contribution is 7.99. The minimum Gasteiger partial charge on any atom is -0.328 e. The first kappa shape index (κ1) is 5.45. The van der Waals surface area contributed by atoms with Gasteiger partial charge in [-0.25, -0.2) is 0 Å². The van der Waals surface area contributed by atoms with Crippen LogP contribution in [0.5, 0.6) is 0 Å². The molecule has 0 amide bonds. The zero-order valence-electron chi connectivity index (χ0n) is 4.39. The molecular weight excluding hydrogens is 106 g/mol. The van der Waals surface area contributed by atoms with Crippen LogP contribution in [0.15, 0.2) is 0 Å². The van der Waals surface area contributed by atoms with Crippen LogP contribution in [0.25, 0.3) is 0 Å². The molecule has 42 valence electrons. The summed E-state index contributed by atoms with van der Waals surface area (Å²) in [6.07, 6.45) is 2.45. The molecule has 0 spiro atoms. The molecule has 0 aromatic heterocycles. The Morgan fingerprint density at radius 2 is 1.86 bits per heavy atom.